The highest BCUT2D eigenvalue weighted by molar-refractivity contribution is 5.86. The van der Waals surface area contributed by atoms with Gasteiger partial charge in [-0.1, -0.05) is 0 Å². The third-order valence-corrected chi connectivity index (χ3v) is 5.76. The average molecular weight is 457 g/mol. The van der Waals surface area contributed by atoms with Crippen LogP contribution in [0.2, 0.25) is 0 Å². The molecule has 0 spiro atoms. The fraction of sp³-hybridized carbons (Fsp3) is 0.231. The van der Waals surface area contributed by atoms with Crippen LogP contribution in [0.3, 0.4) is 0 Å². The summed E-state index contributed by atoms with van der Waals surface area (Å²) in [6.07, 6.45) is 9.95. The highest BCUT2D eigenvalue weighted by Crippen LogP contribution is 2.30. The van der Waals surface area contributed by atoms with Crippen LogP contribution in [0.1, 0.15) is 23.9 Å². The number of aromatic nitrogens is 5. The number of benzene rings is 1. The van der Waals surface area contributed by atoms with E-state index in [4.69, 9.17) is 4.42 Å². The van der Waals surface area contributed by atoms with Crippen LogP contribution >= 0.6 is 0 Å². The van der Waals surface area contributed by atoms with Crippen molar-refractivity contribution in [2.24, 2.45) is 0 Å². The lowest BCUT2D eigenvalue weighted by atomic mass is 10.1. The summed E-state index contributed by atoms with van der Waals surface area (Å²) >= 11 is 0. The van der Waals surface area contributed by atoms with Gasteiger partial charge in [0.05, 0.1) is 18.2 Å². The van der Waals surface area contributed by atoms with E-state index in [2.05, 4.69) is 38.4 Å². The highest BCUT2D eigenvalue weighted by atomic mass is 19.1. The first kappa shape index (κ1) is 21.8. The number of rotatable bonds is 7. The van der Waals surface area contributed by atoms with Crippen molar-refractivity contribution in [2.75, 3.05) is 11.9 Å². The molecule has 8 heteroatoms. The molecule has 5 aromatic rings. The number of fused-ring (bicyclic) bond motifs is 1. The third kappa shape index (κ3) is 4.39. The molecule has 0 unspecified atom stereocenters. The number of anilines is 1. The van der Waals surface area contributed by atoms with E-state index < -0.39 is 5.82 Å². The fourth-order valence-electron chi connectivity index (χ4n) is 3.97. The van der Waals surface area contributed by atoms with E-state index in [-0.39, 0.29) is 5.58 Å². The number of hydrogen-bond donors (Lipinski definition) is 1. The zero-order chi connectivity index (χ0) is 23.7. The Balaban J connectivity index is 1.32. The summed E-state index contributed by atoms with van der Waals surface area (Å²) < 4.78 is 21.8. The molecule has 7 nitrogen and oxygen atoms in total. The minimum absolute atomic E-state index is 0.267. The maximum absolute atomic E-state index is 14.6. The third-order valence-electron chi connectivity index (χ3n) is 5.76. The van der Waals surface area contributed by atoms with Gasteiger partial charge in [0.2, 0.25) is 0 Å². The van der Waals surface area contributed by atoms with Gasteiger partial charge < -0.3 is 9.73 Å². The Morgan fingerprint density at radius 3 is 2.71 bits per heavy atom. The lowest BCUT2D eigenvalue weighted by Gasteiger charge is -2.10. The smallest absolute Gasteiger partial charge is 0.169 e. The first-order valence-electron chi connectivity index (χ1n) is 11.2. The van der Waals surface area contributed by atoms with Crippen LogP contribution in [-0.2, 0) is 13.0 Å². The number of halogens is 1. The van der Waals surface area contributed by atoms with Crippen LogP contribution < -0.4 is 5.32 Å². The quantitative estimate of drug-likeness (QED) is 0.344. The molecule has 0 fully saturated rings. The van der Waals surface area contributed by atoms with Crippen LogP contribution in [0.15, 0.2) is 59.7 Å². The number of furan rings is 1. The molecule has 4 heterocycles. The normalized spacial score (nSPS) is 11.3. The molecule has 0 amide bonds. The Bertz CT molecular complexity index is 1470. The lowest BCUT2D eigenvalue weighted by molar-refractivity contribution is 0.559. The number of hydrogen-bond acceptors (Lipinski definition) is 6. The molecule has 0 atom stereocenters. The predicted octanol–water partition coefficient (Wildman–Crippen LogP) is 5.58. The second kappa shape index (κ2) is 9.05. The van der Waals surface area contributed by atoms with Gasteiger partial charge in [-0.15, -0.1) is 0 Å². The molecule has 1 aromatic carbocycles. The van der Waals surface area contributed by atoms with Gasteiger partial charge in [0, 0.05) is 59.8 Å². The Kier molecular flexibility index (Phi) is 5.79. The van der Waals surface area contributed by atoms with E-state index in [9.17, 15) is 4.39 Å². The number of aryl methyl sites for hydroxylation is 3. The first-order chi connectivity index (χ1) is 16.5. The first-order valence-corrected chi connectivity index (χ1v) is 11.2. The fourth-order valence-corrected chi connectivity index (χ4v) is 3.97. The molecule has 4 aromatic heterocycles. The van der Waals surface area contributed by atoms with Crippen molar-refractivity contribution in [1.82, 2.24) is 24.7 Å². The molecule has 0 aliphatic heterocycles. The Hall–Kier alpha value is -4.07. The SMILES string of the molecule is CCn1cc(-c2cncc(CCNc3cc(-c4cc(F)c5occ(C)c5c4)nc(C)n3)c2)cn1. The Labute approximate surface area is 196 Å². The molecule has 5 rings (SSSR count). The molecule has 34 heavy (non-hydrogen) atoms. The summed E-state index contributed by atoms with van der Waals surface area (Å²) in [7, 11) is 0. The standard InChI is InChI=1S/C26H25FN6O/c1-4-33-14-21(13-30-33)20-7-18(11-28-12-20)5-6-29-25-10-24(31-17(3)32-25)19-8-22-16(2)15-34-26(22)23(27)9-19/h7-15H,4-6H2,1-3H3,(H,29,31,32). The molecule has 0 radical (unpaired) electrons. The number of nitrogens with zero attached hydrogens (tertiary/aromatic N) is 5. The van der Waals surface area contributed by atoms with Crippen LogP contribution in [0.4, 0.5) is 10.2 Å². The number of nitrogens with one attached hydrogen (secondary N) is 1. The van der Waals surface area contributed by atoms with E-state index in [1.807, 2.05) is 55.4 Å². The van der Waals surface area contributed by atoms with E-state index in [1.165, 1.54) is 6.07 Å². The van der Waals surface area contributed by atoms with Gasteiger partial charge in [0.1, 0.15) is 11.6 Å². The molecule has 0 bridgehead atoms. The molecule has 1 N–H and O–H groups in total. The second-order valence-corrected chi connectivity index (χ2v) is 8.28. The van der Waals surface area contributed by atoms with Crippen molar-refractivity contribution < 1.29 is 8.81 Å². The zero-order valence-corrected chi connectivity index (χ0v) is 19.3. The molecule has 172 valence electrons. The second-order valence-electron chi connectivity index (χ2n) is 8.28. The summed E-state index contributed by atoms with van der Waals surface area (Å²) in [5, 5.41) is 8.46. The van der Waals surface area contributed by atoms with E-state index in [0.29, 0.717) is 29.4 Å². The maximum Gasteiger partial charge on any atom is 0.169 e. The van der Waals surface area contributed by atoms with Gasteiger partial charge in [-0.25, -0.2) is 14.4 Å². The van der Waals surface area contributed by atoms with Gasteiger partial charge >= 0.3 is 0 Å². The summed E-state index contributed by atoms with van der Waals surface area (Å²) in [5.74, 6) is 0.907. The molecule has 0 saturated carbocycles. The van der Waals surface area contributed by atoms with Crippen molar-refractivity contribution >= 4 is 16.8 Å². The van der Waals surface area contributed by atoms with Gasteiger partial charge in [0.15, 0.2) is 11.4 Å². The molecular formula is C26H25FN6O. The zero-order valence-electron chi connectivity index (χ0n) is 19.3. The summed E-state index contributed by atoms with van der Waals surface area (Å²) in [6.45, 7) is 7.29. The van der Waals surface area contributed by atoms with Crippen molar-refractivity contribution in [1.29, 1.82) is 0 Å². The van der Waals surface area contributed by atoms with Crippen LogP contribution in [-0.4, -0.2) is 31.3 Å². The average Bonchev–Trinajstić information content (AvgIpc) is 3.46. The topological polar surface area (TPSA) is 81.7 Å². The van der Waals surface area contributed by atoms with Crippen LogP contribution in [0.25, 0.3) is 33.4 Å². The minimum Gasteiger partial charge on any atom is -0.461 e. The molecule has 0 aliphatic carbocycles. The highest BCUT2D eigenvalue weighted by Gasteiger charge is 2.13. The number of pyridine rings is 1. The van der Waals surface area contributed by atoms with Crippen LogP contribution in [0, 0.1) is 19.7 Å². The van der Waals surface area contributed by atoms with Gasteiger partial charge in [-0.2, -0.15) is 5.10 Å². The maximum atomic E-state index is 14.6. The largest absolute Gasteiger partial charge is 0.461 e. The summed E-state index contributed by atoms with van der Waals surface area (Å²) in [5.41, 5.74) is 5.71. The monoisotopic (exact) mass is 456 g/mol. The van der Waals surface area contributed by atoms with Crippen molar-refractivity contribution in [3.8, 4) is 22.4 Å². The van der Waals surface area contributed by atoms with Gasteiger partial charge in [-0.05, 0) is 56.5 Å². The van der Waals surface area contributed by atoms with Gasteiger partial charge in [0.25, 0.3) is 0 Å². The molecule has 0 saturated heterocycles. The minimum atomic E-state index is -0.400. The van der Waals surface area contributed by atoms with E-state index in [1.54, 1.807) is 6.26 Å². The van der Waals surface area contributed by atoms with Crippen LogP contribution in [0.5, 0.6) is 0 Å². The lowest BCUT2D eigenvalue weighted by Crippen LogP contribution is -2.08. The molecular weight excluding hydrogens is 431 g/mol. The van der Waals surface area contributed by atoms with Crippen molar-refractivity contribution in [2.45, 2.75) is 33.7 Å². The predicted molar refractivity (Wildman–Crippen MR) is 130 cm³/mol. The van der Waals surface area contributed by atoms with E-state index in [0.717, 1.165) is 40.6 Å². The summed E-state index contributed by atoms with van der Waals surface area (Å²) in [4.78, 5) is 13.4. The Morgan fingerprint density at radius 2 is 1.88 bits per heavy atom. The van der Waals surface area contributed by atoms with Crippen molar-refractivity contribution in [3.63, 3.8) is 0 Å². The van der Waals surface area contributed by atoms with Crippen molar-refractivity contribution in [3.05, 3.63) is 78.1 Å². The molecule has 0 aliphatic rings. The summed E-state index contributed by atoms with van der Waals surface area (Å²) in [6, 6.07) is 7.33. The Morgan fingerprint density at radius 1 is 1.00 bits per heavy atom. The van der Waals surface area contributed by atoms with E-state index >= 15 is 0 Å². The van der Waals surface area contributed by atoms with Gasteiger partial charge in [-0.3, -0.25) is 9.67 Å².